The Balaban J connectivity index is 3.79. The Morgan fingerprint density at radius 2 is 1.71 bits per heavy atom. The van der Waals surface area contributed by atoms with Crippen LogP contribution in [0.5, 0.6) is 0 Å². The first-order valence-corrected chi connectivity index (χ1v) is 2.44. The highest BCUT2D eigenvalue weighted by atomic mass is 35.5. The van der Waals surface area contributed by atoms with Crippen molar-refractivity contribution < 1.29 is 4.79 Å². The van der Waals surface area contributed by atoms with E-state index in [-0.39, 0.29) is 0 Å². The van der Waals surface area contributed by atoms with Gasteiger partial charge in [-0.1, -0.05) is 23.2 Å². The van der Waals surface area contributed by atoms with Gasteiger partial charge in [-0.2, -0.15) is 0 Å². The molecule has 0 bridgehead atoms. The summed E-state index contributed by atoms with van der Waals surface area (Å²) in [6.45, 7) is 0. The average Bonchev–Trinajstić information content (AvgIpc) is 1.31. The fourth-order valence-electron chi connectivity index (χ4n) is 0. The SMILES string of the molecule is NC(Cl)(Cl)C(=O)Cl. The molecule has 0 unspecified atom stereocenters. The Bertz CT molecular complexity index is 85.4. The lowest BCUT2D eigenvalue weighted by molar-refractivity contribution is -0.112. The summed E-state index contributed by atoms with van der Waals surface area (Å²) in [4.78, 5) is 9.84. The Morgan fingerprint density at radius 3 is 1.71 bits per heavy atom. The molecule has 0 amide bonds. The first-order chi connectivity index (χ1) is 2.94. The van der Waals surface area contributed by atoms with E-state index < -0.39 is 9.70 Å². The number of hydrogen-bond acceptors (Lipinski definition) is 2. The number of rotatable bonds is 1. The number of nitrogens with two attached hydrogens (primary N) is 1. The quantitative estimate of drug-likeness (QED) is 0.353. The van der Waals surface area contributed by atoms with Gasteiger partial charge in [0.15, 0.2) is 0 Å². The molecule has 5 heteroatoms. The number of carbonyl (C=O) groups excluding carboxylic acids is 1. The van der Waals surface area contributed by atoms with Crippen molar-refractivity contribution in [2.75, 3.05) is 0 Å². The van der Waals surface area contributed by atoms with Gasteiger partial charge in [-0.05, 0) is 11.6 Å². The van der Waals surface area contributed by atoms with Crippen LogP contribution in [0.3, 0.4) is 0 Å². The molecule has 0 aliphatic heterocycles. The van der Waals surface area contributed by atoms with Crippen molar-refractivity contribution in [3.63, 3.8) is 0 Å². The second-order valence-electron chi connectivity index (χ2n) is 0.897. The van der Waals surface area contributed by atoms with Crippen molar-refractivity contribution in [3.8, 4) is 0 Å². The molecule has 0 saturated heterocycles. The second-order valence-corrected chi connectivity index (χ2v) is 2.63. The lowest BCUT2D eigenvalue weighted by Crippen LogP contribution is -2.32. The molecule has 0 aliphatic carbocycles. The van der Waals surface area contributed by atoms with Crippen LogP contribution >= 0.6 is 34.8 Å². The summed E-state index contributed by atoms with van der Waals surface area (Å²) in [5.41, 5.74) is 4.73. The minimum atomic E-state index is -1.93. The molecule has 0 heterocycles. The van der Waals surface area contributed by atoms with Crippen molar-refractivity contribution in [3.05, 3.63) is 0 Å². The summed E-state index contributed by atoms with van der Waals surface area (Å²) in [5.74, 6) is 0. The Kier molecular flexibility index (Phi) is 2.33. The Hall–Kier alpha value is 0.500. The Morgan fingerprint density at radius 1 is 1.57 bits per heavy atom. The number of halogens is 3. The van der Waals surface area contributed by atoms with E-state index >= 15 is 0 Å². The van der Waals surface area contributed by atoms with E-state index in [1.54, 1.807) is 0 Å². The first-order valence-electron chi connectivity index (χ1n) is 1.31. The van der Waals surface area contributed by atoms with Crippen LogP contribution in [0.2, 0.25) is 0 Å². The zero-order valence-corrected chi connectivity index (χ0v) is 5.39. The fraction of sp³-hybridized carbons (Fsp3) is 0.500. The van der Waals surface area contributed by atoms with Gasteiger partial charge in [-0.25, -0.2) is 0 Å². The zero-order chi connectivity index (χ0) is 6.08. The molecule has 0 atom stereocenters. The van der Waals surface area contributed by atoms with Gasteiger partial charge in [0, 0.05) is 0 Å². The van der Waals surface area contributed by atoms with Crippen LogP contribution in [-0.2, 0) is 4.79 Å². The molecule has 0 aromatic rings. The molecule has 7 heavy (non-hydrogen) atoms. The van der Waals surface area contributed by atoms with Gasteiger partial charge in [-0.3, -0.25) is 10.5 Å². The maximum Gasteiger partial charge on any atom is 0.272 e. The van der Waals surface area contributed by atoms with E-state index in [0.717, 1.165) is 0 Å². The maximum absolute atomic E-state index is 9.84. The van der Waals surface area contributed by atoms with Gasteiger partial charge < -0.3 is 0 Å². The first kappa shape index (κ1) is 7.50. The summed E-state index contributed by atoms with van der Waals surface area (Å²) >= 11 is 14.6. The van der Waals surface area contributed by atoms with E-state index in [2.05, 4.69) is 0 Å². The molecule has 42 valence electrons. The molecule has 0 fully saturated rings. The highest BCUT2D eigenvalue weighted by molar-refractivity contribution is 6.78. The summed E-state index contributed by atoms with van der Waals surface area (Å²) in [7, 11) is 0. The van der Waals surface area contributed by atoms with E-state index in [0.29, 0.717) is 0 Å². The molecule has 0 rings (SSSR count). The van der Waals surface area contributed by atoms with Crippen LogP contribution < -0.4 is 5.73 Å². The molecule has 0 aromatic heterocycles. The third-order valence-electron chi connectivity index (χ3n) is 0.262. The van der Waals surface area contributed by atoms with Crippen molar-refractivity contribution in [1.82, 2.24) is 0 Å². The normalized spacial score (nSPS) is 11.4. The third-order valence-corrected chi connectivity index (χ3v) is 1.10. The van der Waals surface area contributed by atoms with Gasteiger partial charge in [0.1, 0.15) is 0 Å². The molecule has 0 spiro atoms. The van der Waals surface area contributed by atoms with Crippen LogP contribution in [0, 0.1) is 0 Å². The predicted octanol–water partition coefficient (Wildman–Crippen LogP) is 0.842. The predicted molar refractivity (Wildman–Crippen MR) is 29.5 cm³/mol. The fourth-order valence-corrected chi connectivity index (χ4v) is 0. The Labute approximate surface area is 55.5 Å². The number of alkyl halides is 2. The highest BCUT2D eigenvalue weighted by Gasteiger charge is 2.25. The lowest BCUT2D eigenvalue weighted by atomic mass is 10.7. The second kappa shape index (κ2) is 2.18. The highest BCUT2D eigenvalue weighted by Crippen LogP contribution is 2.15. The van der Waals surface area contributed by atoms with Crippen molar-refractivity contribution in [2.45, 2.75) is 4.46 Å². The summed E-state index contributed by atoms with van der Waals surface area (Å²) in [5, 5.41) is -0.976. The molecule has 0 saturated carbocycles. The minimum absolute atomic E-state index is 0.976. The summed E-state index contributed by atoms with van der Waals surface area (Å²) in [6.07, 6.45) is 0. The minimum Gasteiger partial charge on any atom is -0.293 e. The average molecular weight is 162 g/mol. The lowest BCUT2D eigenvalue weighted by Gasteiger charge is -2.02. The van der Waals surface area contributed by atoms with Gasteiger partial charge in [0.2, 0.25) is 4.46 Å². The molecule has 2 nitrogen and oxygen atoms in total. The van der Waals surface area contributed by atoms with E-state index in [1.807, 2.05) is 0 Å². The van der Waals surface area contributed by atoms with Gasteiger partial charge >= 0.3 is 0 Å². The molecule has 2 N–H and O–H groups in total. The molecule has 0 aromatic carbocycles. The smallest absolute Gasteiger partial charge is 0.272 e. The van der Waals surface area contributed by atoms with E-state index in [4.69, 9.17) is 40.5 Å². The van der Waals surface area contributed by atoms with E-state index in [9.17, 15) is 4.79 Å². The largest absolute Gasteiger partial charge is 0.293 e. The standard InChI is InChI=1S/C2H2Cl3NO/c3-1(7)2(4,5)6/h6H2. The molecule has 0 aliphatic rings. The van der Waals surface area contributed by atoms with Gasteiger partial charge in [-0.15, -0.1) is 0 Å². The summed E-state index contributed by atoms with van der Waals surface area (Å²) in [6, 6.07) is 0. The monoisotopic (exact) mass is 161 g/mol. The zero-order valence-electron chi connectivity index (χ0n) is 3.12. The number of carbonyl (C=O) groups is 1. The van der Waals surface area contributed by atoms with Crippen molar-refractivity contribution >= 4 is 40.0 Å². The molecular weight excluding hydrogens is 160 g/mol. The number of hydrogen-bond donors (Lipinski definition) is 1. The maximum atomic E-state index is 9.84. The van der Waals surface area contributed by atoms with Crippen LogP contribution in [0.25, 0.3) is 0 Å². The molecular formula is C2H2Cl3NO. The van der Waals surface area contributed by atoms with Gasteiger partial charge in [0.05, 0.1) is 0 Å². The van der Waals surface area contributed by atoms with Crippen LogP contribution in [0.4, 0.5) is 0 Å². The van der Waals surface area contributed by atoms with Crippen molar-refractivity contribution in [2.24, 2.45) is 5.73 Å². The summed E-state index contributed by atoms with van der Waals surface area (Å²) < 4.78 is -1.93. The van der Waals surface area contributed by atoms with E-state index in [1.165, 1.54) is 0 Å². The van der Waals surface area contributed by atoms with Gasteiger partial charge in [0.25, 0.3) is 5.24 Å². The van der Waals surface area contributed by atoms with Crippen LogP contribution in [0.1, 0.15) is 0 Å². The molecule has 0 radical (unpaired) electrons. The van der Waals surface area contributed by atoms with Crippen molar-refractivity contribution in [1.29, 1.82) is 0 Å². The van der Waals surface area contributed by atoms with Crippen LogP contribution in [0.15, 0.2) is 0 Å². The van der Waals surface area contributed by atoms with Crippen LogP contribution in [-0.4, -0.2) is 9.70 Å². The third kappa shape index (κ3) is 3.12. The topological polar surface area (TPSA) is 43.1 Å².